The van der Waals surface area contributed by atoms with Crippen LogP contribution < -0.4 is 5.56 Å². The Morgan fingerprint density at radius 1 is 1.11 bits per heavy atom. The van der Waals surface area contributed by atoms with Crippen molar-refractivity contribution in [2.24, 2.45) is 11.0 Å². The summed E-state index contributed by atoms with van der Waals surface area (Å²) in [7, 11) is 0. The van der Waals surface area contributed by atoms with E-state index in [1.807, 2.05) is 42.5 Å². The number of nitrogens with zero attached hydrogens (tertiary/aromatic N) is 5. The molecule has 1 aliphatic heterocycles. The van der Waals surface area contributed by atoms with E-state index in [2.05, 4.69) is 11.2 Å². The van der Waals surface area contributed by atoms with E-state index in [9.17, 15) is 14.9 Å². The predicted octanol–water partition coefficient (Wildman–Crippen LogP) is 5.86. The molecule has 1 aliphatic carbocycles. The first-order chi connectivity index (χ1) is 18.3. The Bertz CT molecular complexity index is 1570. The van der Waals surface area contributed by atoms with Crippen molar-refractivity contribution in [1.29, 1.82) is 5.26 Å². The van der Waals surface area contributed by atoms with E-state index in [0.717, 1.165) is 46.4 Å². The molecule has 2 heterocycles. The summed E-state index contributed by atoms with van der Waals surface area (Å²) in [6, 6.07) is 16.6. The van der Waals surface area contributed by atoms with Crippen molar-refractivity contribution in [1.82, 2.24) is 14.8 Å². The highest BCUT2D eigenvalue weighted by Gasteiger charge is 2.43. The standard InChI is InChI=1S/C29H25Cl2N5O2/c1-17-18(2)33-35(29(38)25(17)15-32)16-26(37)36-28(20-8-12-23(31)13-9-20)24-5-3-4-21(27(24)34-36)14-19-6-10-22(30)11-7-19/h6-14,24,28H,3-5,16H2,1-2H3/b21-14-/t24-,28-/m0/s1. The number of allylic oxidation sites excluding steroid dienone is 1. The van der Waals surface area contributed by atoms with Gasteiger partial charge in [0.25, 0.3) is 11.5 Å². The number of rotatable bonds is 4. The van der Waals surface area contributed by atoms with E-state index in [1.54, 1.807) is 26.0 Å². The first-order valence-electron chi connectivity index (χ1n) is 12.4. The molecule has 9 heteroatoms. The van der Waals surface area contributed by atoms with E-state index >= 15 is 0 Å². The summed E-state index contributed by atoms with van der Waals surface area (Å²) in [6.07, 6.45) is 4.77. The van der Waals surface area contributed by atoms with Gasteiger partial charge in [0, 0.05) is 16.0 Å². The number of hydrogen-bond acceptors (Lipinski definition) is 5. The molecule has 2 aromatic carbocycles. The molecule has 1 saturated carbocycles. The van der Waals surface area contributed by atoms with Crippen molar-refractivity contribution < 1.29 is 4.79 Å². The van der Waals surface area contributed by atoms with Crippen LogP contribution in [0.3, 0.4) is 0 Å². The van der Waals surface area contributed by atoms with Crippen LogP contribution in [0.15, 0.2) is 64.0 Å². The molecule has 5 rings (SSSR count). The monoisotopic (exact) mass is 545 g/mol. The number of carbonyl (C=O) groups excluding carboxylic acids is 1. The molecule has 7 nitrogen and oxygen atoms in total. The Hall–Kier alpha value is -3.73. The lowest BCUT2D eigenvalue weighted by atomic mass is 9.77. The number of hydrogen-bond donors (Lipinski definition) is 0. The summed E-state index contributed by atoms with van der Waals surface area (Å²) in [4.78, 5) is 26.6. The van der Waals surface area contributed by atoms with Gasteiger partial charge in [-0.3, -0.25) is 9.59 Å². The largest absolute Gasteiger partial charge is 0.285 e. The second-order valence-corrected chi connectivity index (χ2v) is 10.5. The van der Waals surface area contributed by atoms with E-state index in [4.69, 9.17) is 28.3 Å². The molecule has 0 spiro atoms. The average molecular weight is 546 g/mol. The number of benzene rings is 2. The zero-order valence-corrected chi connectivity index (χ0v) is 22.5. The van der Waals surface area contributed by atoms with Crippen LogP contribution in [0.2, 0.25) is 10.0 Å². The smallest absolute Gasteiger partial charge is 0.271 e. The zero-order chi connectivity index (χ0) is 27.0. The third-order valence-electron chi connectivity index (χ3n) is 7.21. The van der Waals surface area contributed by atoms with Gasteiger partial charge < -0.3 is 0 Å². The Morgan fingerprint density at radius 3 is 2.42 bits per heavy atom. The first-order valence-corrected chi connectivity index (χ1v) is 13.1. The molecule has 0 bridgehead atoms. The van der Waals surface area contributed by atoms with Gasteiger partial charge in [0.2, 0.25) is 0 Å². The molecule has 0 saturated heterocycles. The van der Waals surface area contributed by atoms with Crippen molar-refractivity contribution in [3.8, 4) is 6.07 Å². The maximum atomic E-state index is 13.7. The van der Waals surface area contributed by atoms with Crippen molar-refractivity contribution in [2.45, 2.75) is 45.7 Å². The topological polar surface area (TPSA) is 91.3 Å². The van der Waals surface area contributed by atoms with Crippen LogP contribution in [0.25, 0.3) is 6.08 Å². The van der Waals surface area contributed by atoms with E-state index in [1.165, 1.54) is 5.01 Å². The summed E-state index contributed by atoms with van der Waals surface area (Å²) in [5.74, 6) is -0.383. The lowest BCUT2D eigenvalue weighted by molar-refractivity contribution is -0.134. The molecular weight excluding hydrogens is 521 g/mol. The van der Waals surface area contributed by atoms with Gasteiger partial charge in [-0.25, -0.2) is 9.69 Å². The predicted molar refractivity (Wildman–Crippen MR) is 148 cm³/mol. The summed E-state index contributed by atoms with van der Waals surface area (Å²) in [5.41, 5.74) is 4.33. The fourth-order valence-electron chi connectivity index (χ4n) is 5.17. The fraction of sp³-hybridized carbons (Fsp3) is 0.276. The molecule has 38 heavy (non-hydrogen) atoms. The van der Waals surface area contributed by atoms with Gasteiger partial charge in [0.15, 0.2) is 0 Å². The first kappa shape index (κ1) is 25.9. The van der Waals surface area contributed by atoms with Gasteiger partial charge in [-0.15, -0.1) is 0 Å². The molecule has 2 atom stereocenters. The van der Waals surface area contributed by atoms with Crippen LogP contribution in [0, 0.1) is 31.1 Å². The number of carbonyl (C=O) groups is 1. The maximum absolute atomic E-state index is 13.7. The minimum Gasteiger partial charge on any atom is -0.271 e. The van der Waals surface area contributed by atoms with Crippen molar-refractivity contribution in [3.63, 3.8) is 0 Å². The van der Waals surface area contributed by atoms with Gasteiger partial charge in [0.1, 0.15) is 18.2 Å². The van der Waals surface area contributed by atoms with Crippen LogP contribution in [0.4, 0.5) is 0 Å². The van der Waals surface area contributed by atoms with Crippen LogP contribution >= 0.6 is 23.2 Å². The Balaban J connectivity index is 1.55. The zero-order valence-electron chi connectivity index (χ0n) is 21.0. The molecule has 1 aromatic heterocycles. The third kappa shape index (κ3) is 4.90. The number of hydrazone groups is 1. The molecule has 1 fully saturated rings. The number of fused-ring (bicyclic) bond motifs is 1. The van der Waals surface area contributed by atoms with Crippen LogP contribution in [0.5, 0.6) is 0 Å². The summed E-state index contributed by atoms with van der Waals surface area (Å²) in [6.45, 7) is 3.07. The van der Waals surface area contributed by atoms with Gasteiger partial charge in [-0.2, -0.15) is 15.5 Å². The summed E-state index contributed by atoms with van der Waals surface area (Å²) < 4.78 is 1.06. The lowest BCUT2D eigenvalue weighted by Crippen LogP contribution is -2.38. The second kappa shape index (κ2) is 10.6. The van der Waals surface area contributed by atoms with E-state index in [-0.39, 0.29) is 30.0 Å². The molecule has 1 amide bonds. The van der Waals surface area contributed by atoms with Crippen molar-refractivity contribution >= 4 is 40.9 Å². The molecule has 0 unspecified atom stereocenters. The highest BCUT2D eigenvalue weighted by Crippen LogP contribution is 2.44. The molecule has 0 radical (unpaired) electrons. The van der Waals surface area contributed by atoms with Gasteiger partial charge in [0.05, 0.1) is 17.4 Å². The average Bonchev–Trinajstić information content (AvgIpc) is 3.30. The van der Waals surface area contributed by atoms with Crippen molar-refractivity contribution in [3.05, 3.63) is 102 Å². The van der Waals surface area contributed by atoms with E-state index in [0.29, 0.717) is 21.3 Å². The lowest BCUT2D eigenvalue weighted by Gasteiger charge is -2.29. The minimum atomic E-state index is -0.584. The minimum absolute atomic E-state index is 0.00543. The Labute approximate surface area is 230 Å². The number of nitriles is 1. The number of amides is 1. The van der Waals surface area contributed by atoms with Crippen LogP contribution in [0.1, 0.15) is 53.3 Å². The highest BCUT2D eigenvalue weighted by molar-refractivity contribution is 6.30. The van der Waals surface area contributed by atoms with Crippen molar-refractivity contribution in [2.75, 3.05) is 0 Å². The van der Waals surface area contributed by atoms with Gasteiger partial charge >= 0.3 is 0 Å². The number of aromatic nitrogens is 2. The summed E-state index contributed by atoms with van der Waals surface area (Å²) in [5, 5.41) is 21.4. The highest BCUT2D eigenvalue weighted by atomic mass is 35.5. The molecule has 2 aliphatic rings. The van der Waals surface area contributed by atoms with Gasteiger partial charge in [-0.05, 0) is 85.7 Å². The fourth-order valence-corrected chi connectivity index (χ4v) is 5.42. The molecule has 0 N–H and O–H groups in total. The van der Waals surface area contributed by atoms with Gasteiger partial charge in [-0.1, -0.05) is 47.5 Å². The quantitative estimate of drug-likeness (QED) is 0.410. The van der Waals surface area contributed by atoms with Crippen LogP contribution in [-0.2, 0) is 11.3 Å². The van der Waals surface area contributed by atoms with Crippen LogP contribution in [-0.4, -0.2) is 26.4 Å². The third-order valence-corrected chi connectivity index (χ3v) is 7.72. The van der Waals surface area contributed by atoms with E-state index < -0.39 is 5.56 Å². The Kier molecular flexibility index (Phi) is 7.20. The number of halogens is 2. The number of aryl methyl sites for hydroxylation is 1. The summed E-state index contributed by atoms with van der Waals surface area (Å²) >= 11 is 12.2. The molecule has 3 aromatic rings. The SMILES string of the molecule is Cc1nn(CC(=O)N2N=C3/C(=C\c4ccc(Cl)cc4)CCC[C@@H]3[C@@H]2c2ccc(Cl)cc2)c(=O)c(C#N)c1C. The Morgan fingerprint density at radius 2 is 1.76 bits per heavy atom. The molecule has 192 valence electrons. The second-order valence-electron chi connectivity index (χ2n) is 9.60. The normalized spacial score (nSPS) is 19.7. The maximum Gasteiger partial charge on any atom is 0.285 e. The molecular formula is C29H25Cl2N5O2.